The molecule has 0 aliphatic rings. The van der Waals surface area contributed by atoms with E-state index in [0.717, 1.165) is 16.8 Å². The molecule has 0 saturated heterocycles. The summed E-state index contributed by atoms with van der Waals surface area (Å²) in [6, 6.07) is 14.4. The van der Waals surface area contributed by atoms with E-state index in [9.17, 15) is 9.90 Å². The maximum absolute atomic E-state index is 11.9. The molecule has 31 heavy (non-hydrogen) atoms. The van der Waals surface area contributed by atoms with E-state index in [1.54, 1.807) is 16.8 Å². The number of benzene rings is 2. The molecule has 0 saturated carbocycles. The third-order valence-electron chi connectivity index (χ3n) is 4.84. The fourth-order valence-corrected chi connectivity index (χ4v) is 3.96. The number of carbonyl (C=O) groups is 1. The van der Waals surface area contributed by atoms with Gasteiger partial charge in [-0.15, -0.1) is 4.68 Å². The van der Waals surface area contributed by atoms with E-state index in [-0.39, 0.29) is 11.4 Å². The summed E-state index contributed by atoms with van der Waals surface area (Å²) < 4.78 is 6.83. The number of carboxylic acids is 1. The summed E-state index contributed by atoms with van der Waals surface area (Å²) in [7, 11) is 1.48. The highest BCUT2D eigenvalue weighted by atomic mass is 32.1. The number of carboxylic acid groups (broad SMARTS) is 1. The zero-order chi connectivity index (χ0) is 22.0. The number of methoxy groups -OCH3 is 1. The predicted octanol–water partition coefficient (Wildman–Crippen LogP) is 5.91. The smallest absolute Gasteiger partial charge is 0.337 e. The van der Waals surface area contributed by atoms with Gasteiger partial charge < -0.3 is 20.0 Å². The van der Waals surface area contributed by atoms with Crippen molar-refractivity contribution in [3.8, 4) is 22.6 Å². The van der Waals surface area contributed by atoms with Gasteiger partial charge in [0.2, 0.25) is 0 Å². The molecule has 2 N–H and O–H groups in total. The Bertz CT molecular complexity index is 1300. The number of para-hydroxylation sites is 1. The van der Waals surface area contributed by atoms with Gasteiger partial charge in [-0.05, 0) is 64.2 Å². The number of thiophene rings is 1. The molecule has 8 heteroatoms. The van der Waals surface area contributed by atoms with Gasteiger partial charge in [-0.3, -0.25) is 0 Å². The third kappa shape index (κ3) is 3.74. The minimum atomic E-state index is -1.09. The molecule has 0 aliphatic carbocycles. The van der Waals surface area contributed by atoms with Crippen molar-refractivity contribution < 1.29 is 14.6 Å². The third-order valence-corrected chi connectivity index (χ3v) is 5.52. The summed E-state index contributed by atoms with van der Waals surface area (Å²) >= 11 is 1.51. The molecule has 2 aromatic carbocycles. The predicted molar refractivity (Wildman–Crippen MR) is 121 cm³/mol. The largest absolute Gasteiger partial charge is 0.497 e. The molecule has 2 aromatic heterocycles. The summed E-state index contributed by atoms with van der Waals surface area (Å²) in [5.74, 6) is 0.0991. The van der Waals surface area contributed by atoms with Crippen LogP contribution in [0.1, 0.15) is 15.9 Å². The maximum atomic E-state index is 11.9. The van der Waals surface area contributed by atoms with Crippen molar-refractivity contribution in [1.29, 1.82) is 0 Å². The van der Waals surface area contributed by atoms with Crippen molar-refractivity contribution in [3.63, 3.8) is 0 Å². The highest BCUT2D eigenvalue weighted by Crippen LogP contribution is 2.41. The van der Waals surface area contributed by atoms with Gasteiger partial charge in [0.15, 0.2) is 5.82 Å². The number of rotatable bonds is 6. The van der Waals surface area contributed by atoms with Crippen LogP contribution in [-0.4, -0.2) is 28.0 Å². The molecular formula is C23H18N4O3S. The molecule has 0 bridgehead atoms. The fraction of sp³-hybridized carbons (Fsp3) is 0.0870. The molecule has 0 spiro atoms. The highest BCUT2D eigenvalue weighted by molar-refractivity contribution is 7.08. The second-order valence-corrected chi connectivity index (χ2v) is 7.49. The van der Waals surface area contributed by atoms with Crippen LogP contribution in [0.3, 0.4) is 0 Å². The van der Waals surface area contributed by atoms with Gasteiger partial charge in [0.25, 0.3) is 0 Å². The Morgan fingerprint density at radius 3 is 2.71 bits per heavy atom. The standard InChI is InChI=1S/C23H18N4O3S/c1-14-6-4-5-7-19(14)27-22(20(21(24-2)26-27)15-10-11-31-13-15)25-18-9-8-16(30-3)12-17(18)23(28)29/h4-13,25H,1,3H3,(H,28,29). The number of ether oxygens (including phenoxy) is 1. The Morgan fingerprint density at radius 1 is 1.26 bits per heavy atom. The van der Waals surface area contributed by atoms with Crippen LogP contribution < -0.4 is 10.1 Å². The quantitative estimate of drug-likeness (QED) is 0.372. The average Bonchev–Trinajstić information content (AvgIpc) is 3.42. The number of nitrogens with one attached hydrogen (secondary N) is 1. The second kappa shape index (κ2) is 8.34. The molecule has 7 nitrogen and oxygen atoms in total. The molecule has 4 aromatic rings. The van der Waals surface area contributed by atoms with Gasteiger partial charge in [-0.25, -0.2) is 4.79 Å². The molecule has 4 rings (SSSR count). The summed E-state index contributed by atoms with van der Waals surface area (Å²) in [6.45, 7) is 9.63. The van der Waals surface area contributed by atoms with Gasteiger partial charge in [-0.1, -0.05) is 24.8 Å². The number of hydrogen-bond acceptors (Lipinski definition) is 5. The molecule has 0 amide bonds. The Labute approximate surface area is 183 Å². The van der Waals surface area contributed by atoms with Crippen LogP contribution in [0.4, 0.5) is 17.3 Å². The Balaban J connectivity index is 1.97. The number of aromatic nitrogens is 2. The van der Waals surface area contributed by atoms with Crippen LogP contribution in [0.25, 0.3) is 21.7 Å². The Hall–Kier alpha value is -4.09. The van der Waals surface area contributed by atoms with E-state index in [0.29, 0.717) is 22.8 Å². The van der Waals surface area contributed by atoms with E-state index in [1.807, 2.05) is 48.0 Å². The SMILES string of the molecule is [C-]#[N+]c1nn(-c2ccccc2C)c(Nc2ccc(OC)cc2C(=O)O)c1-c1ccsc1. The van der Waals surface area contributed by atoms with Crippen LogP contribution in [0.15, 0.2) is 59.3 Å². The molecule has 2 heterocycles. The van der Waals surface area contributed by atoms with Crippen LogP contribution in [0, 0.1) is 13.5 Å². The minimum Gasteiger partial charge on any atom is -0.497 e. The van der Waals surface area contributed by atoms with Gasteiger partial charge in [-0.2, -0.15) is 11.3 Å². The second-order valence-electron chi connectivity index (χ2n) is 6.71. The van der Waals surface area contributed by atoms with E-state index in [1.165, 1.54) is 24.5 Å². The normalized spacial score (nSPS) is 10.5. The van der Waals surface area contributed by atoms with E-state index in [4.69, 9.17) is 11.3 Å². The Morgan fingerprint density at radius 2 is 2.06 bits per heavy atom. The fourth-order valence-electron chi connectivity index (χ4n) is 3.31. The maximum Gasteiger partial charge on any atom is 0.337 e. The highest BCUT2D eigenvalue weighted by Gasteiger charge is 2.25. The number of anilines is 2. The van der Waals surface area contributed by atoms with E-state index < -0.39 is 5.97 Å². The molecule has 0 radical (unpaired) electrons. The minimum absolute atomic E-state index is 0.0533. The molecule has 0 aliphatic heterocycles. The first kappa shape index (κ1) is 20.2. The van der Waals surface area contributed by atoms with Gasteiger partial charge in [0, 0.05) is 0 Å². The lowest BCUT2D eigenvalue weighted by atomic mass is 10.1. The van der Waals surface area contributed by atoms with Crippen LogP contribution in [0.2, 0.25) is 0 Å². The number of nitrogens with zero attached hydrogens (tertiary/aromatic N) is 3. The Kier molecular flexibility index (Phi) is 5.43. The van der Waals surface area contributed by atoms with Crippen LogP contribution in [-0.2, 0) is 0 Å². The van der Waals surface area contributed by atoms with Crippen molar-refractivity contribution in [1.82, 2.24) is 9.78 Å². The van der Waals surface area contributed by atoms with Crippen molar-refractivity contribution >= 4 is 34.6 Å². The summed E-state index contributed by atoms with van der Waals surface area (Å²) in [5, 5.41) is 21.4. The lowest BCUT2D eigenvalue weighted by Crippen LogP contribution is -2.08. The first-order valence-electron chi connectivity index (χ1n) is 9.31. The average molecular weight is 430 g/mol. The monoisotopic (exact) mass is 430 g/mol. The van der Waals surface area contributed by atoms with Crippen molar-refractivity contribution in [3.05, 3.63) is 81.8 Å². The van der Waals surface area contributed by atoms with Crippen molar-refractivity contribution in [2.45, 2.75) is 6.92 Å². The lowest BCUT2D eigenvalue weighted by molar-refractivity contribution is 0.0697. The summed E-state index contributed by atoms with van der Waals surface area (Å²) in [5.41, 5.74) is 3.64. The molecule has 154 valence electrons. The zero-order valence-corrected chi connectivity index (χ0v) is 17.6. The molecule has 0 fully saturated rings. The van der Waals surface area contributed by atoms with Crippen LogP contribution >= 0.6 is 11.3 Å². The topological polar surface area (TPSA) is 80.7 Å². The molecule has 0 atom stereocenters. The lowest BCUT2D eigenvalue weighted by Gasteiger charge is -2.14. The van der Waals surface area contributed by atoms with E-state index >= 15 is 0 Å². The number of hydrogen-bond donors (Lipinski definition) is 2. The number of aryl methyl sites for hydroxylation is 1. The van der Waals surface area contributed by atoms with E-state index in [2.05, 4.69) is 15.3 Å². The van der Waals surface area contributed by atoms with Gasteiger partial charge in [0.1, 0.15) is 5.75 Å². The summed E-state index contributed by atoms with van der Waals surface area (Å²) in [6.07, 6.45) is 0. The summed E-state index contributed by atoms with van der Waals surface area (Å²) in [4.78, 5) is 15.5. The van der Waals surface area contributed by atoms with Gasteiger partial charge >= 0.3 is 11.8 Å². The molecule has 0 unspecified atom stereocenters. The first-order chi connectivity index (χ1) is 15.0. The zero-order valence-electron chi connectivity index (χ0n) is 16.8. The van der Waals surface area contributed by atoms with Crippen molar-refractivity contribution in [2.75, 3.05) is 12.4 Å². The molecular weight excluding hydrogens is 412 g/mol. The van der Waals surface area contributed by atoms with Crippen LogP contribution in [0.5, 0.6) is 5.75 Å². The first-order valence-corrected chi connectivity index (χ1v) is 10.2. The van der Waals surface area contributed by atoms with Crippen molar-refractivity contribution in [2.24, 2.45) is 0 Å². The number of aromatic carboxylic acids is 1. The van der Waals surface area contributed by atoms with Gasteiger partial charge in [0.05, 0.1) is 29.6 Å².